The molecule has 0 radical (unpaired) electrons. The van der Waals surface area contributed by atoms with Crippen LogP contribution in [-0.2, 0) is 11.2 Å². The molecule has 1 aromatic heterocycles. The first kappa shape index (κ1) is 14.8. The van der Waals surface area contributed by atoms with Gasteiger partial charge in [0.2, 0.25) is 0 Å². The highest BCUT2D eigenvalue weighted by atomic mass is 35.5. The highest BCUT2D eigenvalue weighted by Crippen LogP contribution is 2.27. The molecule has 4 heteroatoms. The molecule has 2 aromatic rings. The van der Waals surface area contributed by atoms with Crippen LogP contribution in [0.5, 0.6) is 0 Å². The van der Waals surface area contributed by atoms with Gasteiger partial charge in [-0.3, -0.25) is 0 Å². The third kappa shape index (κ3) is 2.93. The summed E-state index contributed by atoms with van der Waals surface area (Å²) in [5.41, 5.74) is 1.78. The molecule has 0 saturated carbocycles. The van der Waals surface area contributed by atoms with E-state index in [1.54, 1.807) is 12.1 Å². The molecule has 0 saturated heterocycles. The number of benzene rings is 1. The van der Waals surface area contributed by atoms with Gasteiger partial charge >= 0.3 is 5.63 Å². The summed E-state index contributed by atoms with van der Waals surface area (Å²) < 4.78 is 5.21. The van der Waals surface area contributed by atoms with E-state index >= 15 is 0 Å². The molecule has 0 bridgehead atoms. The fraction of sp³-hybridized carbons (Fsp3) is 0.375. The number of hydrogen-bond donors (Lipinski definition) is 0. The van der Waals surface area contributed by atoms with Crippen LogP contribution in [0.1, 0.15) is 25.0 Å². The van der Waals surface area contributed by atoms with Crippen molar-refractivity contribution in [1.82, 2.24) is 0 Å². The first-order valence-corrected chi connectivity index (χ1v) is 6.98. The van der Waals surface area contributed by atoms with E-state index in [0.29, 0.717) is 17.0 Å². The normalized spacial score (nSPS) is 12.8. The van der Waals surface area contributed by atoms with Gasteiger partial charge < -0.3 is 9.21 Å². The topological polar surface area (TPSA) is 47.3 Å². The molecular weight excluding hydrogens is 276 g/mol. The number of rotatable bonds is 4. The van der Waals surface area contributed by atoms with Crippen LogP contribution in [0.4, 0.5) is 0 Å². The van der Waals surface area contributed by atoms with E-state index in [4.69, 9.17) is 16.0 Å². The van der Waals surface area contributed by atoms with Gasteiger partial charge in [0.05, 0.1) is 0 Å². The molecule has 3 nitrogen and oxygen atoms in total. The van der Waals surface area contributed by atoms with Crippen LogP contribution >= 0.6 is 11.6 Å². The summed E-state index contributed by atoms with van der Waals surface area (Å²) in [4.78, 5) is 22.8. The highest BCUT2D eigenvalue weighted by Gasteiger charge is 2.16. The Morgan fingerprint density at radius 2 is 2.00 bits per heavy atom. The summed E-state index contributed by atoms with van der Waals surface area (Å²) in [6.45, 7) is 5.84. The monoisotopic (exact) mass is 292 g/mol. The molecule has 106 valence electrons. The SMILES string of the molecule is Cc1cc2oc(=O)cc(CC(C=O)C(C)C)c2cc1Cl. The lowest BCUT2D eigenvalue weighted by Gasteiger charge is -2.15. The lowest BCUT2D eigenvalue weighted by molar-refractivity contribution is -0.112. The quantitative estimate of drug-likeness (QED) is 0.636. The van der Waals surface area contributed by atoms with Crippen LogP contribution in [0.25, 0.3) is 11.0 Å². The van der Waals surface area contributed by atoms with Gasteiger partial charge in [0.25, 0.3) is 0 Å². The molecule has 0 fully saturated rings. The summed E-state index contributed by atoms with van der Waals surface area (Å²) >= 11 is 6.14. The van der Waals surface area contributed by atoms with Crippen LogP contribution in [0.2, 0.25) is 5.02 Å². The summed E-state index contributed by atoms with van der Waals surface area (Å²) in [6.07, 6.45) is 1.46. The molecule has 20 heavy (non-hydrogen) atoms. The Hall–Kier alpha value is -1.61. The molecule has 0 spiro atoms. The third-order valence-corrected chi connectivity index (χ3v) is 4.00. The smallest absolute Gasteiger partial charge is 0.336 e. The van der Waals surface area contributed by atoms with E-state index in [-0.39, 0.29) is 11.8 Å². The van der Waals surface area contributed by atoms with Gasteiger partial charge in [0.1, 0.15) is 11.9 Å². The fourth-order valence-corrected chi connectivity index (χ4v) is 2.38. The number of hydrogen-bond acceptors (Lipinski definition) is 3. The van der Waals surface area contributed by atoms with Gasteiger partial charge in [-0.15, -0.1) is 0 Å². The maximum absolute atomic E-state index is 11.7. The van der Waals surface area contributed by atoms with Crippen LogP contribution in [0, 0.1) is 18.8 Å². The van der Waals surface area contributed by atoms with Crippen LogP contribution in [0.15, 0.2) is 27.4 Å². The predicted octanol–water partition coefficient (Wildman–Crippen LogP) is 3.77. The maximum atomic E-state index is 11.7. The van der Waals surface area contributed by atoms with Crippen molar-refractivity contribution in [3.05, 3.63) is 44.8 Å². The van der Waals surface area contributed by atoms with Crippen molar-refractivity contribution in [2.24, 2.45) is 11.8 Å². The number of halogens is 1. The van der Waals surface area contributed by atoms with Crippen LogP contribution in [-0.4, -0.2) is 6.29 Å². The second kappa shape index (κ2) is 5.80. The number of fused-ring (bicyclic) bond motifs is 1. The van der Waals surface area contributed by atoms with Gasteiger partial charge in [-0.25, -0.2) is 4.79 Å². The van der Waals surface area contributed by atoms with E-state index < -0.39 is 5.63 Å². The van der Waals surface area contributed by atoms with Gasteiger partial charge in [0.15, 0.2) is 0 Å². The van der Waals surface area contributed by atoms with Crippen molar-refractivity contribution in [3.63, 3.8) is 0 Å². The summed E-state index contributed by atoms with van der Waals surface area (Å²) in [5, 5.41) is 1.42. The Morgan fingerprint density at radius 1 is 1.30 bits per heavy atom. The maximum Gasteiger partial charge on any atom is 0.336 e. The Labute approximate surface area is 122 Å². The largest absolute Gasteiger partial charge is 0.423 e. The number of carbonyl (C=O) groups is 1. The Balaban J connectivity index is 2.60. The lowest BCUT2D eigenvalue weighted by atomic mass is 9.89. The van der Waals surface area contributed by atoms with E-state index in [1.807, 2.05) is 20.8 Å². The number of aryl methyl sites for hydroxylation is 1. The fourth-order valence-electron chi connectivity index (χ4n) is 2.21. The second-order valence-electron chi connectivity index (χ2n) is 5.44. The van der Waals surface area contributed by atoms with Crippen molar-refractivity contribution in [3.8, 4) is 0 Å². The molecule has 0 aliphatic carbocycles. The minimum absolute atomic E-state index is 0.125. The van der Waals surface area contributed by atoms with Crippen molar-refractivity contribution in [1.29, 1.82) is 0 Å². The summed E-state index contributed by atoms with van der Waals surface area (Å²) in [6, 6.07) is 5.01. The molecule has 1 atom stereocenters. The highest BCUT2D eigenvalue weighted by molar-refractivity contribution is 6.32. The Kier molecular flexibility index (Phi) is 4.29. The number of aldehydes is 1. The molecule has 1 aromatic carbocycles. The van der Waals surface area contributed by atoms with Gasteiger partial charge in [0, 0.05) is 22.4 Å². The number of carbonyl (C=O) groups excluding carboxylic acids is 1. The average molecular weight is 293 g/mol. The summed E-state index contributed by atoms with van der Waals surface area (Å²) in [7, 11) is 0. The van der Waals surface area contributed by atoms with E-state index in [1.165, 1.54) is 6.07 Å². The average Bonchev–Trinajstić information content (AvgIpc) is 2.37. The second-order valence-corrected chi connectivity index (χ2v) is 5.84. The molecule has 2 rings (SSSR count). The van der Waals surface area contributed by atoms with Gasteiger partial charge in [-0.2, -0.15) is 0 Å². The first-order valence-electron chi connectivity index (χ1n) is 6.60. The lowest BCUT2D eigenvalue weighted by Crippen LogP contribution is -2.15. The molecule has 0 aliphatic heterocycles. The van der Waals surface area contributed by atoms with Gasteiger partial charge in [-0.05, 0) is 42.5 Å². The molecule has 0 amide bonds. The standard InChI is InChI=1S/C16H17ClO3/c1-9(2)12(8-18)5-11-6-16(19)20-15-4-10(3)14(17)7-13(11)15/h4,6-9,12H,5H2,1-3H3. The first-order chi connectivity index (χ1) is 9.42. The zero-order valence-corrected chi connectivity index (χ0v) is 12.5. The van der Waals surface area contributed by atoms with Gasteiger partial charge in [-0.1, -0.05) is 25.4 Å². The van der Waals surface area contributed by atoms with Crippen molar-refractivity contribution >= 4 is 28.9 Å². The third-order valence-electron chi connectivity index (χ3n) is 3.60. The van der Waals surface area contributed by atoms with E-state index in [9.17, 15) is 9.59 Å². The molecule has 1 unspecified atom stereocenters. The Bertz CT molecular complexity index is 701. The van der Waals surface area contributed by atoms with Crippen molar-refractivity contribution in [2.75, 3.05) is 0 Å². The zero-order valence-electron chi connectivity index (χ0n) is 11.8. The molecular formula is C16H17ClO3. The van der Waals surface area contributed by atoms with E-state index in [2.05, 4.69) is 0 Å². The van der Waals surface area contributed by atoms with Crippen LogP contribution < -0.4 is 5.63 Å². The molecule has 0 N–H and O–H groups in total. The zero-order chi connectivity index (χ0) is 14.9. The van der Waals surface area contributed by atoms with Crippen molar-refractivity contribution < 1.29 is 9.21 Å². The minimum Gasteiger partial charge on any atom is -0.423 e. The van der Waals surface area contributed by atoms with Crippen LogP contribution in [0.3, 0.4) is 0 Å². The predicted molar refractivity (Wildman–Crippen MR) is 80.3 cm³/mol. The minimum atomic E-state index is -0.400. The molecule has 1 heterocycles. The Morgan fingerprint density at radius 3 is 2.60 bits per heavy atom. The van der Waals surface area contributed by atoms with Crippen molar-refractivity contribution in [2.45, 2.75) is 27.2 Å². The molecule has 0 aliphatic rings. The summed E-state index contributed by atoms with van der Waals surface area (Å²) in [5.74, 6) is 0.0933. The van der Waals surface area contributed by atoms with E-state index in [0.717, 1.165) is 22.8 Å².